The van der Waals surface area contributed by atoms with Crippen LogP contribution in [0.1, 0.15) is 49.0 Å². The van der Waals surface area contributed by atoms with E-state index in [1.807, 2.05) is 26.0 Å². The molecule has 0 saturated heterocycles. The molecule has 0 heterocycles. The van der Waals surface area contributed by atoms with Crippen molar-refractivity contribution in [3.8, 4) is 0 Å². The number of carbonyl (C=O) groups is 2. The molecule has 0 amide bonds. The molecule has 6 nitrogen and oxygen atoms in total. The molecule has 24 heavy (non-hydrogen) atoms. The molecule has 0 aliphatic heterocycles. The van der Waals surface area contributed by atoms with Gasteiger partial charge in [0.1, 0.15) is 0 Å². The van der Waals surface area contributed by atoms with Crippen molar-refractivity contribution in [2.24, 2.45) is 0 Å². The van der Waals surface area contributed by atoms with Gasteiger partial charge in [0, 0.05) is 26.1 Å². The summed E-state index contributed by atoms with van der Waals surface area (Å²) in [6, 6.07) is 6.84. The van der Waals surface area contributed by atoms with Gasteiger partial charge in [0.25, 0.3) is 0 Å². The lowest BCUT2D eigenvalue weighted by Gasteiger charge is -2.25. The van der Waals surface area contributed by atoms with Gasteiger partial charge in [-0.05, 0) is 50.9 Å². The number of unbranched alkanes of at least 4 members (excludes halogenated alkanes) is 1. The molecule has 134 valence electrons. The van der Waals surface area contributed by atoms with Crippen LogP contribution in [0.5, 0.6) is 0 Å². The minimum absolute atomic E-state index is 0.0905. The Kier molecular flexibility index (Phi) is 9.04. The van der Waals surface area contributed by atoms with Crippen LogP contribution < -0.4 is 0 Å². The van der Waals surface area contributed by atoms with Crippen molar-refractivity contribution < 1.29 is 24.5 Å². The maximum Gasteiger partial charge on any atom is 0.335 e. The number of hydrogen-bond acceptors (Lipinski definition) is 4. The molecule has 2 N–H and O–H groups in total. The number of carboxylic acids is 2. The number of benzene rings is 1. The molecule has 0 aliphatic carbocycles. The van der Waals surface area contributed by atoms with Crippen LogP contribution in [0, 0.1) is 0 Å². The Morgan fingerprint density at radius 2 is 1.83 bits per heavy atom. The molecule has 0 bridgehead atoms. The highest BCUT2D eigenvalue weighted by Crippen LogP contribution is 2.11. The Balaban J connectivity index is 2.61. The Morgan fingerprint density at radius 3 is 2.38 bits per heavy atom. The summed E-state index contributed by atoms with van der Waals surface area (Å²) < 4.78 is 5.59. The van der Waals surface area contributed by atoms with Gasteiger partial charge in [-0.3, -0.25) is 9.69 Å². The first kappa shape index (κ1) is 20.1. The summed E-state index contributed by atoms with van der Waals surface area (Å²) in [5.74, 6) is -1.70. The van der Waals surface area contributed by atoms with Crippen LogP contribution in [0.15, 0.2) is 24.3 Å². The summed E-state index contributed by atoms with van der Waals surface area (Å²) in [6.45, 7) is 6.85. The minimum atomic E-state index is -0.933. The third-order valence-electron chi connectivity index (χ3n) is 3.69. The van der Waals surface area contributed by atoms with Crippen molar-refractivity contribution in [2.75, 3.05) is 19.7 Å². The largest absolute Gasteiger partial charge is 0.481 e. The molecule has 1 atom stereocenters. The number of aromatic carboxylic acids is 1. The van der Waals surface area contributed by atoms with E-state index in [9.17, 15) is 9.59 Å². The minimum Gasteiger partial charge on any atom is -0.481 e. The van der Waals surface area contributed by atoms with Gasteiger partial charge < -0.3 is 14.9 Å². The van der Waals surface area contributed by atoms with Crippen molar-refractivity contribution >= 4 is 11.9 Å². The molecule has 1 rings (SSSR count). The molecule has 6 heteroatoms. The summed E-state index contributed by atoms with van der Waals surface area (Å²) in [4.78, 5) is 23.7. The average molecular weight is 337 g/mol. The van der Waals surface area contributed by atoms with E-state index in [2.05, 4.69) is 4.90 Å². The smallest absolute Gasteiger partial charge is 0.335 e. The molecule has 0 spiro atoms. The second-order valence-electron chi connectivity index (χ2n) is 5.85. The van der Waals surface area contributed by atoms with Crippen LogP contribution in [-0.2, 0) is 16.1 Å². The third kappa shape index (κ3) is 8.08. The van der Waals surface area contributed by atoms with E-state index in [1.165, 1.54) is 0 Å². The van der Waals surface area contributed by atoms with Gasteiger partial charge >= 0.3 is 11.9 Å². The highest BCUT2D eigenvalue weighted by Gasteiger charge is 2.12. The highest BCUT2D eigenvalue weighted by atomic mass is 16.5. The van der Waals surface area contributed by atoms with Crippen LogP contribution in [0.2, 0.25) is 0 Å². The number of nitrogens with zero attached hydrogens (tertiary/aromatic N) is 1. The first-order chi connectivity index (χ1) is 11.4. The third-order valence-corrected chi connectivity index (χ3v) is 3.69. The molecular weight excluding hydrogens is 310 g/mol. The van der Waals surface area contributed by atoms with Crippen LogP contribution in [0.4, 0.5) is 0 Å². The number of carboxylic acid groups (broad SMARTS) is 2. The van der Waals surface area contributed by atoms with Gasteiger partial charge in [-0.2, -0.15) is 0 Å². The topological polar surface area (TPSA) is 87.1 Å². The quantitative estimate of drug-likeness (QED) is 0.570. The molecular formula is C18H27NO5. The lowest BCUT2D eigenvalue weighted by atomic mass is 10.1. The standard InChI is InChI=1S/C18H27NO5/c1-3-24-14(2)12-19(11-5-4-6-17(20)21)13-15-7-9-16(10-8-15)18(22)23/h7-10,14H,3-6,11-13H2,1-2H3,(H,20,21)(H,22,23). The fourth-order valence-corrected chi connectivity index (χ4v) is 2.56. The van der Waals surface area contributed by atoms with Gasteiger partial charge in [0.2, 0.25) is 0 Å². The lowest BCUT2D eigenvalue weighted by Crippen LogP contribution is -2.33. The van der Waals surface area contributed by atoms with Gasteiger partial charge in [-0.25, -0.2) is 4.79 Å². The Bertz CT molecular complexity index is 515. The molecule has 0 fully saturated rings. The average Bonchev–Trinajstić information content (AvgIpc) is 2.52. The van der Waals surface area contributed by atoms with Crippen molar-refractivity contribution in [3.63, 3.8) is 0 Å². The fourth-order valence-electron chi connectivity index (χ4n) is 2.56. The number of ether oxygens (including phenoxy) is 1. The predicted molar refractivity (Wildman–Crippen MR) is 91.3 cm³/mol. The fraction of sp³-hybridized carbons (Fsp3) is 0.556. The van der Waals surface area contributed by atoms with Gasteiger partial charge in [-0.15, -0.1) is 0 Å². The molecule has 1 aromatic rings. The molecule has 0 aliphatic rings. The van der Waals surface area contributed by atoms with E-state index in [4.69, 9.17) is 14.9 Å². The van der Waals surface area contributed by atoms with E-state index >= 15 is 0 Å². The van der Waals surface area contributed by atoms with Crippen molar-refractivity contribution in [2.45, 2.75) is 45.8 Å². The monoisotopic (exact) mass is 337 g/mol. The Hall–Kier alpha value is -1.92. The summed E-state index contributed by atoms with van der Waals surface area (Å²) in [7, 11) is 0. The molecule has 0 saturated carbocycles. The first-order valence-electron chi connectivity index (χ1n) is 8.30. The SMILES string of the molecule is CCOC(C)CN(CCCCC(=O)O)Cc1ccc(C(=O)O)cc1. The van der Waals surface area contributed by atoms with E-state index < -0.39 is 11.9 Å². The molecule has 1 aromatic carbocycles. The van der Waals surface area contributed by atoms with Crippen LogP contribution in [0.25, 0.3) is 0 Å². The van der Waals surface area contributed by atoms with E-state index in [1.54, 1.807) is 12.1 Å². The normalized spacial score (nSPS) is 12.3. The van der Waals surface area contributed by atoms with Crippen LogP contribution >= 0.6 is 0 Å². The van der Waals surface area contributed by atoms with E-state index in [0.717, 1.165) is 25.1 Å². The van der Waals surface area contributed by atoms with Crippen molar-refractivity contribution in [3.05, 3.63) is 35.4 Å². The van der Waals surface area contributed by atoms with Gasteiger partial charge in [0.15, 0.2) is 0 Å². The maximum absolute atomic E-state index is 10.9. The summed E-state index contributed by atoms with van der Waals surface area (Å²) >= 11 is 0. The Morgan fingerprint density at radius 1 is 1.17 bits per heavy atom. The summed E-state index contributed by atoms with van der Waals surface area (Å²) in [5, 5.41) is 17.7. The van der Waals surface area contributed by atoms with Crippen LogP contribution in [-0.4, -0.2) is 52.9 Å². The van der Waals surface area contributed by atoms with Crippen molar-refractivity contribution in [1.82, 2.24) is 4.90 Å². The van der Waals surface area contributed by atoms with Gasteiger partial charge in [0.05, 0.1) is 11.7 Å². The van der Waals surface area contributed by atoms with Gasteiger partial charge in [-0.1, -0.05) is 12.1 Å². The van der Waals surface area contributed by atoms with Crippen LogP contribution in [0.3, 0.4) is 0 Å². The maximum atomic E-state index is 10.9. The summed E-state index contributed by atoms with van der Waals surface area (Å²) in [6.07, 6.45) is 1.72. The predicted octanol–water partition coefficient (Wildman–Crippen LogP) is 2.87. The summed E-state index contributed by atoms with van der Waals surface area (Å²) in [5.41, 5.74) is 1.30. The second-order valence-corrected chi connectivity index (χ2v) is 5.85. The number of hydrogen-bond donors (Lipinski definition) is 2. The highest BCUT2D eigenvalue weighted by molar-refractivity contribution is 5.87. The molecule has 1 unspecified atom stereocenters. The zero-order valence-electron chi connectivity index (χ0n) is 14.4. The van der Waals surface area contributed by atoms with E-state index in [-0.39, 0.29) is 18.1 Å². The zero-order chi connectivity index (χ0) is 17.9. The lowest BCUT2D eigenvalue weighted by molar-refractivity contribution is -0.137. The first-order valence-corrected chi connectivity index (χ1v) is 8.30. The molecule has 0 aromatic heterocycles. The second kappa shape index (κ2) is 10.8. The van der Waals surface area contributed by atoms with Crippen molar-refractivity contribution in [1.29, 1.82) is 0 Å². The Labute approximate surface area is 143 Å². The molecule has 0 radical (unpaired) electrons. The number of rotatable bonds is 12. The van der Waals surface area contributed by atoms with E-state index in [0.29, 0.717) is 19.6 Å². The zero-order valence-corrected chi connectivity index (χ0v) is 14.4. The number of aliphatic carboxylic acids is 1.